The molecule has 1 amide bonds. The van der Waals surface area contributed by atoms with Gasteiger partial charge in [0.15, 0.2) is 5.72 Å². The number of carbonyl (C=O) groups excluding carboxylic acids is 1. The first-order chi connectivity index (χ1) is 10.1. The number of hydrogen-bond donors (Lipinski definition) is 1. The zero-order chi connectivity index (χ0) is 14.9. The van der Waals surface area contributed by atoms with Gasteiger partial charge in [-0.1, -0.05) is 6.07 Å². The molecule has 0 radical (unpaired) electrons. The van der Waals surface area contributed by atoms with E-state index in [9.17, 15) is 9.90 Å². The van der Waals surface area contributed by atoms with Crippen LogP contribution in [0.4, 0.5) is 0 Å². The Morgan fingerprint density at radius 2 is 1.95 bits per heavy atom. The number of carbonyl (C=O) groups is 1. The SMILES string of the molecule is CC1=NN(C(=O)c2cccnc2)[C@](O)(c2cccnc2)C1. The van der Waals surface area contributed by atoms with Crippen molar-refractivity contribution in [3.05, 3.63) is 60.2 Å². The van der Waals surface area contributed by atoms with E-state index in [2.05, 4.69) is 15.1 Å². The number of aliphatic hydroxyl groups is 1. The van der Waals surface area contributed by atoms with Crippen molar-refractivity contribution in [3.8, 4) is 0 Å². The summed E-state index contributed by atoms with van der Waals surface area (Å²) in [6.07, 6.45) is 6.45. The summed E-state index contributed by atoms with van der Waals surface area (Å²) < 4.78 is 0. The quantitative estimate of drug-likeness (QED) is 0.906. The summed E-state index contributed by atoms with van der Waals surface area (Å²) in [5.41, 5.74) is 0.0744. The topological polar surface area (TPSA) is 78.7 Å². The molecule has 0 aliphatic carbocycles. The predicted octanol–water partition coefficient (Wildman–Crippen LogP) is 1.54. The van der Waals surface area contributed by atoms with Gasteiger partial charge in [0.05, 0.1) is 5.56 Å². The van der Waals surface area contributed by atoms with Crippen LogP contribution >= 0.6 is 0 Å². The average Bonchev–Trinajstić information content (AvgIpc) is 2.84. The van der Waals surface area contributed by atoms with E-state index in [0.29, 0.717) is 16.8 Å². The third-order valence-corrected chi connectivity index (χ3v) is 3.35. The summed E-state index contributed by atoms with van der Waals surface area (Å²) in [6, 6.07) is 6.75. The van der Waals surface area contributed by atoms with Crippen molar-refractivity contribution >= 4 is 11.6 Å². The summed E-state index contributed by atoms with van der Waals surface area (Å²) in [4.78, 5) is 20.5. The molecule has 0 unspecified atom stereocenters. The highest BCUT2D eigenvalue weighted by atomic mass is 16.3. The Morgan fingerprint density at radius 1 is 1.24 bits per heavy atom. The molecule has 0 bridgehead atoms. The Kier molecular flexibility index (Phi) is 3.23. The highest BCUT2D eigenvalue weighted by Crippen LogP contribution is 2.35. The Hall–Kier alpha value is -2.60. The number of pyridine rings is 2. The van der Waals surface area contributed by atoms with Gasteiger partial charge in [-0.3, -0.25) is 14.8 Å². The van der Waals surface area contributed by atoms with Crippen LogP contribution in [0.25, 0.3) is 0 Å². The van der Waals surface area contributed by atoms with Crippen LogP contribution < -0.4 is 0 Å². The summed E-state index contributed by atoms with van der Waals surface area (Å²) in [6.45, 7) is 1.78. The van der Waals surface area contributed by atoms with Crippen LogP contribution in [0.5, 0.6) is 0 Å². The lowest BCUT2D eigenvalue weighted by Gasteiger charge is -2.31. The fourth-order valence-electron chi connectivity index (χ4n) is 2.37. The van der Waals surface area contributed by atoms with Crippen molar-refractivity contribution in [2.24, 2.45) is 5.10 Å². The second kappa shape index (κ2) is 5.06. The minimum atomic E-state index is -1.51. The van der Waals surface area contributed by atoms with E-state index in [1.807, 2.05) is 0 Å². The molecule has 0 aromatic carbocycles. The van der Waals surface area contributed by atoms with E-state index in [0.717, 1.165) is 5.01 Å². The zero-order valence-electron chi connectivity index (χ0n) is 11.5. The molecule has 0 saturated heterocycles. The van der Waals surface area contributed by atoms with Crippen LogP contribution in [0.2, 0.25) is 0 Å². The normalized spacial score (nSPS) is 21.2. The van der Waals surface area contributed by atoms with Crippen LogP contribution in [0.15, 0.2) is 54.2 Å². The Labute approximate surface area is 121 Å². The highest BCUT2D eigenvalue weighted by Gasteiger charge is 2.45. The molecule has 1 aliphatic rings. The monoisotopic (exact) mass is 282 g/mol. The van der Waals surface area contributed by atoms with Crippen molar-refractivity contribution in [3.63, 3.8) is 0 Å². The number of hydrazone groups is 1. The number of nitrogens with zero attached hydrogens (tertiary/aromatic N) is 4. The zero-order valence-corrected chi connectivity index (χ0v) is 11.5. The summed E-state index contributed by atoms with van der Waals surface area (Å²) >= 11 is 0. The second-order valence-corrected chi connectivity index (χ2v) is 4.93. The van der Waals surface area contributed by atoms with Crippen molar-refractivity contribution in [2.45, 2.75) is 19.1 Å². The van der Waals surface area contributed by atoms with Crippen LogP contribution in [0.1, 0.15) is 29.3 Å². The van der Waals surface area contributed by atoms with E-state index < -0.39 is 11.6 Å². The summed E-state index contributed by atoms with van der Waals surface area (Å²) in [7, 11) is 0. The molecule has 1 atom stereocenters. The molecule has 6 nitrogen and oxygen atoms in total. The van der Waals surface area contributed by atoms with Crippen LogP contribution in [0.3, 0.4) is 0 Å². The van der Waals surface area contributed by atoms with E-state index in [4.69, 9.17) is 0 Å². The van der Waals surface area contributed by atoms with Crippen molar-refractivity contribution < 1.29 is 9.90 Å². The van der Waals surface area contributed by atoms with E-state index in [-0.39, 0.29) is 6.42 Å². The van der Waals surface area contributed by atoms with Gasteiger partial charge in [-0.25, -0.2) is 0 Å². The fourth-order valence-corrected chi connectivity index (χ4v) is 2.37. The molecule has 21 heavy (non-hydrogen) atoms. The van der Waals surface area contributed by atoms with Gasteiger partial charge in [0.25, 0.3) is 5.91 Å². The molecule has 0 fully saturated rings. The largest absolute Gasteiger partial charge is 0.365 e. The number of amides is 1. The molecular weight excluding hydrogens is 268 g/mol. The Morgan fingerprint density at radius 3 is 2.57 bits per heavy atom. The maximum Gasteiger partial charge on any atom is 0.278 e. The van der Waals surface area contributed by atoms with E-state index in [1.54, 1.807) is 43.6 Å². The first-order valence-electron chi connectivity index (χ1n) is 6.53. The van der Waals surface area contributed by atoms with Gasteiger partial charge in [-0.05, 0) is 25.1 Å². The third-order valence-electron chi connectivity index (χ3n) is 3.35. The fraction of sp³-hybridized carbons (Fsp3) is 0.200. The molecule has 106 valence electrons. The molecule has 3 heterocycles. The predicted molar refractivity (Wildman–Crippen MR) is 76.3 cm³/mol. The Bertz CT molecular complexity index is 687. The first-order valence-corrected chi connectivity index (χ1v) is 6.53. The van der Waals surface area contributed by atoms with Crippen LogP contribution in [0, 0.1) is 0 Å². The van der Waals surface area contributed by atoms with Gasteiger partial charge < -0.3 is 5.11 Å². The minimum Gasteiger partial charge on any atom is -0.365 e. The van der Waals surface area contributed by atoms with Crippen molar-refractivity contribution in [1.29, 1.82) is 0 Å². The van der Waals surface area contributed by atoms with Gasteiger partial charge in [0.2, 0.25) is 0 Å². The van der Waals surface area contributed by atoms with Gasteiger partial charge in [-0.2, -0.15) is 10.1 Å². The summed E-state index contributed by atoms with van der Waals surface area (Å²) in [5, 5.41) is 16.3. The third kappa shape index (κ3) is 2.30. The second-order valence-electron chi connectivity index (χ2n) is 4.93. The number of rotatable bonds is 2. The maximum atomic E-state index is 12.6. The van der Waals surface area contributed by atoms with Crippen LogP contribution in [-0.4, -0.2) is 31.7 Å². The van der Waals surface area contributed by atoms with Gasteiger partial charge >= 0.3 is 0 Å². The summed E-state index contributed by atoms with van der Waals surface area (Å²) in [5.74, 6) is -0.397. The van der Waals surface area contributed by atoms with Crippen LogP contribution in [-0.2, 0) is 5.72 Å². The molecule has 2 aromatic heterocycles. The molecule has 0 saturated carbocycles. The molecule has 1 aliphatic heterocycles. The molecule has 6 heteroatoms. The van der Waals surface area contributed by atoms with Gasteiger partial charge in [0.1, 0.15) is 0 Å². The molecule has 2 aromatic rings. The lowest BCUT2D eigenvalue weighted by Crippen LogP contribution is -2.43. The molecule has 3 rings (SSSR count). The van der Waals surface area contributed by atoms with Gasteiger partial charge in [0, 0.05) is 42.5 Å². The Balaban J connectivity index is 2.01. The smallest absolute Gasteiger partial charge is 0.278 e. The lowest BCUT2D eigenvalue weighted by molar-refractivity contribution is -0.0767. The standard InChI is InChI=1S/C15H14N4O2/c1-11-8-15(21,13-5-3-7-17-10-13)19(18-11)14(20)12-4-2-6-16-9-12/h2-7,9-10,21H,8H2,1H3/t15-/m1/s1. The van der Waals surface area contributed by atoms with Gasteiger partial charge in [-0.15, -0.1) is 0 Å². The lowest BCUT2D eigenvalue weighted by atomic mass is 9.99. The van der Waals surface area contributed by atoms with E-state index >= 15 is 0 Å². The first kappa shape index (κ1) is 13.4. The average molecular weight is 282 g/mol. The highest BCUT2D eigenvalue weighted by molar-refractivity contribution is 5.97. The number of aromatic nitrogens is 2. The minimum absolute atomic E-state index is 0.255. The molecular formula is C15H14N4O2. The molecule has 1 N–H and O–H groups in total. The number of hydrogen-bond acceptors (Lipinski definition) is 5. The molecule has 0 spiro atoms. The van der Waals surface area contributed by atoms with Crippen molar-refractivity contribution in [2.75, 3.05) is 0 Å². The van der Waals surface area contributed by atoms with Crippen molar-refractivity contribution in [1.82, 2.24) is 15.0 Å². The van der Waals surface area contributed by atoms with E-state index in [1.165, 1.54) is 12.4 Å². The maximum absolute atomic E-state index is 12.6.